The highest BCUT2D eigenvalue weighted by Gasteiger charge is 2.29. The lowest BCUT2D eigenvalue weighted by atomic mass is 9.80. The molecule has 4 atom stereocenters. The molecule has 90 valence electrons. The van der Waals surface area contributed by atoms with Crippen molar-refractivity contribution >= 4 is 0 Å². The van der Waals surface area contributed by atoms with Gasteiger partial charge in [-0.15, -0.1) is 0 Å². The van der Waals surface area contributed by atoms with Gasteiger partial charge in [0.15, 0.2) is 0 Å². The number of hydrogen-bond donors (Lipinski definition) is 0. The molecule has 0 amide bonds. The Balaban J connectivity index is 2.29. The van der Waals surface area contributed by atoms with Crippen molar-refractivity contribution in [2.45, 2.75) is 72.6 Å². The smallest absolute Gasteiger partial charge is 0.0360 e. The molecule has 0 bridgehead atoms. The van der Waals surface area contributed by atoms with E-state index >= 15 is 0 Å². The summed E-state index contributed by atoms with van der Waals surface area (Å²) in [5.41, 5.74) is 0. The minimum absolute atomic E-state index is 0.939. The summed E-state index contributed by atoms with van der Waals surface area (Å²) in [5.74, 6) is 4.02. The van der Waals surface area contributed by atoms with Gasteiger partial charge >= 0.3 is 0 Å². The second kappa shape index (κ2) is 6.55. The molecule has 4 unspecified atom stereocenters. The van der Waals surface area contributed by atoms with E-state index in [4.69, 9.17) is 0 Å². The van der Waals surface area contributed by atoms with Crippen LogP contribution < -0.4 is 0 Å². The van der Waals surface area contributed by atoms with Gasteiger partial charge in [0.1, 0.15) is 0 Å². The summed E-state index contributed by atoms with van der Waals surface area (Å²) in [4.78, 5) is 0. The zero-order chi connectivity index (χ0) is 11.3. The van der Waals surface area contributed by atoms with Gasteiger partial charge in [0.2, 0.25) is 0 Å². The Labute approximate surface area is 96.8 Å². The van der Waals surface area contributed by atoms with Gasteiger partial charge in [0, 0.05) is 0 Å². The summed E-state index contributed by atoms with van der Waals surface area (Å²) in [6, 6.07) is 0. The molecule has 0 spiro atoms. The molecule has 0 radical (unpaired) electrons. The molecule has 0 aromatic carbocycles. The minimum atomic E-state index is 0.939. The van der Waals surface area contributed by atoms with Crippen LogP contribution in [0.15, 0.2) is 0 Å². The minimum Gasteiger partial charge on any atom is -0.0651 e. The number of hydrogen-bond acceptors (Lipinski definition) is 0. The molecule has 0 aromatic rings. The van der Waals surface area contributed by atoms with E-state index in [1.54, 1.807) is 0 Å². The highest BCUT2D eigenvalue weighted by molar-refractivity contribution is 4.80. The fourth-order valence-corrected chi connectivity index (χ4v) is 3.29. The van der Waals surface area contributed by atoms with Crippen molar-refractivity contribution in [3.05, 3.63) is 0 Å². The Morgan fingerprint density at radius 3 is 2.40 bits per heavy atom. The Morgan fingerprint density at radius 1 is 1.07 bits per heavy atom. The number of rotatable bonds is 6. The molecule has 0 nitrogen and oxygen atoms in total. The molecule has 15 heavy (non-hydrogen) atoms. The van der Waals surface area contributed by atoms with Crippen molar-refractivity contribution in [1.82, 2.24) is 0 Å². The Morgan fingerprint density at radius 2 is 1.80 bits per heavy atom. The van der Waals surface area contributed by atoms with E-state index < -0.39 is 0 Å². The van der Waals surface area contributed by atoms with Crippen molar-refractivity contribution < 1.29 is 0 Å². The zero-order valence-corrected chi connectivity index (χ0v) is 11.3. The highest BCUT2D eigenvalue weighted by atomic mass is 14.3. The van der Waals surface area contributed by atoms with E-state index in [9.17, 15) is 0 Å². The van der Waals surface area contributed by atoms with E-state index in [1.165, 1.54) is 44.9 Å². The average molecular weight is 210 g/mol. The van der Waals surface area contributed by atoms with Gasteiger partial charge in [-0.05, 0) is 30.1 Å². The van der Waals surface area contributed by atoms with Gasteiger partial charge in [-0.25, -0.2) is 0 Å². The molecular weight excluding hydrogens is 180 g/mol. The monoisotopic (exact) mass is 210 g/mol. The maximum absolute atomic E-state index is 2.50. The lowest BCUT2D eigenvalue weighted by molar-refractivity contribution is 0.245. The van der Waals surface area contributed by atoms with Gasteiger partial charge in [-0.2, -0.15) is 0 Å². The molecule has 1 aliphatic carbocycles. The summed E-state index contributed by atoms with van der Waals surface area (Å²) in [6.07, 6.45) is 10.2. The predicted octanol–water partition coefficient (Wildman–Crippen LogP) is 5.28. The second-order valence-corrected chi connectivity index (χ2v) is 5.83. The average Bonchev–Trinajstić information content (AvgIpc) is 2.73. The second-order valence-electron chi connectivity index (χ2n) is 5.83. The third kappa shape index (κ3) is 3.81. The first-order valence-electron chi connectivity index (χ1n) is 7.19. The molecule has 0 aromatic heterocycles. The van der Waals surface area contributed by atoms with Crippen LogP contribution in [0.1, 0.15) is 72.6 Å². The van der Waals surface area contributed by atoms with Crippen LogP contribution in [-0.4, -0.2) is 0 Å². The van der Waals surface area contributed by atoms with Gasteiger partial charge in [0.05, 0.1) is 0 Å². The van der Waals surface area contributed by atoms with Crippen molar-refractivity contribution in [2.24, 2.45) is 23.7 Å². The Kier molecular flexibility index (Phi) is 5.71. The normalized spacial score (nSPS) is 30.4. The van der Waals surface area contributed by atoms with Crippen molar-refractivity contribution in [3.8, 4) is 0 Å². The van der Waals surface area contributed by atoms with Gasteiger partial charge in [0.25, 0.3) is 0 Å². The van der Waals surface area contributed by atoms with Gasteiger partial charge < -0.3 is 0 Å². The van der Waals surface area contributed by atoms with E-state index in [-0.39, 0.29) is 0 Å². The molecule has 0 heterocycles. The first kappa shape index (κ1) is 13.1. The van der Waals surface area contributed by atoms with Crippen LogP contribution in [0, 0.1) is 23.7 Å². The van der Waals surface area contributed by atoms with Crippen LogP contribution in [-0.2, 0) is 0 Å². The van der Waals surface area contributed by atoms with Crippen LogP contribution >= 0.6 is 0 Å². The van der Waals surface area contributed by atoms with E-state index in [1.807, 2.05) is 0 Å². The van der Waals surface area contributed by atoms with E-state index in [0.29, 0.717) is 0 Å². The quantitative estimate of drug-likeness (QED) is 0.560. The molecule has 0 aliphatic heterocycles. The Bertz CT molecular complexity index is 161. The molecule has 0 saturated heterocycles. The lowest BCUT2D eigenvalue weighted by Gasteiger charge is -2.26. The first-order valence-corrected chi connectivity index (χ1v) is 7.19. The standard InChI is InChI=1S/C15H30/c1-5-12(3)10-11-13(4)15-9-7-8-14(15)6-2/h12-15H,5-11H2,1-4H3. The molecule has 0 heteroatoms. The van der Waals surface area contributed by atoms with Crippen molar-refractivity contribution in [3.63, 3.8) is 0 Å². The molecule has 1 saturated carbocycles. The third-order valence-corrected chi connectivity index (χ3v) is 4.78. The largest absolute Gasteiger partial charge is 0.0651 e. The Hall–Kier alpha value is 0. The molecule has 0 N–H and O–H groups in total. The van der Waals surface area contributed by atoms with Crippen LogP contribution in [0.25, 0.3) is 0 Å². The van der Waals surface area contributed by atoms with Crippen molar-refractivity contribution in [2.75, 3.05) is 0 Å². The molecule has 1 fully saturated rings. The van der Waals surface area contributed by atoms with Gasteiger partial charge in [-0.1, -0.05) is 66.2 Å². The topological polar surface area (TPSA) is 0 Å². The first-order chi connectivity index (χ1) is 7.19. The zero-order valence-electron chi connectivity index (χ0n) is 11.3. The van der Waals surface area contributed by atoms with E-state index in [2.05, 4.69) is 27.7 Å². The van der Waals surface area contributed by atoms with E-state index in [0.717, 1.165) is 23.7 Å². The lowest BCUT2D eigenvalue weighted by Crippen LogP contribution is -2.16. The SMILES string of the molecule is CCC(C)CCC(C)C1CCCC1CC. The summed E-state index contributed by atoms with van der Waals surface area (Å²) >= 11 is 0. The third-order valence-electron chi connectivity index (χ3n) is 4.78. The van der Waals surface area contributed by atoms with Crippen LogP contribution in [0.2, 0.25) is 0 Å². The molecular formula is C15H30. The summed E-state index contributed by atoms with van der Waals surface area (Å²) in [7, 11) is 0. The fraction of sp³-hybridized carbons (Fsp3) is 1.00. The summed E-state index contributed by atoms with van der Waals surface area (Å²) in [5, 5.41) is 0. The molecule has 1 rings (SSSR count). The maximum atomic E-state index is 2.50. The summed E-state index contributed by atoms with van der Waals surface area (Å²) in [6.45, 7) is 9.60. The summed E-state index contributed by atoms with van der Waals surface area (Å²) < 4.78 is 0. The predicted molar refractivity (Wildman–Crippen MR) is 69.0 cm³/mol. The van der Waals surface area contributed by atoms with Crippen LogP contribution in [0.4, 0.5) is 0 Å². The fourth-order valence-electron chi connectivity index (χ4n) is 3.29. The van der Waals surface area contributed by atoms with Crippen molar-refractivity contribution in [1.29, 1.82) is 0 Å². The highest BCUT2D eigenvalue weighted by Crippen LogP contribution is 2.40. The molecule has 1 aliphatic rings. The maximum Gasteiger partial charge on any atom is -0.0360 e. The van der Waals surface area contributed by atoms with Gasteiger partial charge in [-0.3, -0.25) is 0 Å². The van der Waals surface area contributed by atoms with Crippen LogP contribution in [0.5, 0.6) is 0 Å². The van der Waals surface area contributed by atoms with Crippen LogP contribution in [0.3, 0.4) is 0 Å².